The minimum Gasteiger partial charge on any atom is -0.320 e. The summed E-state index contributed by atoms with van der Waals surface area (Å²) in [5.74, 6) is 0.309. The highest BCUT2D eigenvalue weighted by Crippen LogP contribution is 2.44. The van der Waals surface area contributed by atoms with Gasteiger partial charge in [-0.05, 0) is 53.1 Å². The number of thiophene rings is 1. The van der Waals surface area contributed by atoms with E-state index in [1.807, 2.05) is 65.9 Å². The molecule has 4 nitrogen and oxygen atoms in total. The van der Waals surface area contributed by atoms with Crippen molar-refractivity contribution < 1.29 is 0 Å². The van der Waals surface area contributed by atoms with E-state index in [0.717, 1.165) is 11.1 Å². The van der Waals surface area contributed by atoms with Gasteiger partial charge in [-0.1, -0.05) is 188 Å². The Hall–Kier alpha value is -5.69. The number of rotatable bonds is 6. The average molecular weight is 713 g/mol. The zero-order chi connectivity index (χ0) is 37.6. The summed E-state index contributed by atoms with van der Waals surface area (Å²) < 4.78 is 2.61. The van der Waals surface area contributed by atoms with Crippen LogP contribution in [0.15, 0.2) is 182 Å². The summed E-state index contributed by atoms with van der Waals surface area (Å²) in [6.45, 7) is 6.87. The third-order valence-corrected chi connectivity index (χ3v) is 10.4. The van der Waals surface area contributed by atoms with E-state index in [0.29, 0.717) is 5.92 Å². The lowest BCUT2D eigenvalue weighted by atomic mass is 9.87. The van der Waals surface area contributed by atoms with Gasteiger partial charge in [-0.3, -0.25) is 0 Å². The maximum Gasteiger partial charge on any atom is 0.0784 e. The third-order valence-electron chi connectivity index (χ3n) is 9.17. The van der Waals surface area contributed by atoms with E-state index in [1.54, 1.807) is 0 Å². The second kappa shape index (κ2) is 19.2. The van der Waals surface area contributed by atoms with Crippen molar-refractivity contribution in [3.05, 3.63) is 215 Å². The molecule has 5 heteroatoms. The molecule has 53 heavy (non-hydrogen) atoms. The molecule has 0 aliphatic carbocycles. The van der Waals surface area contributed by atoms with Crippen LogP contribution in [-0.4, -0.2) is 6.72 Å². The Bertz CT molecular complexity index is 2290. The van der Waals surface area contributed by atoms with Crippen molar-refractivity contribution in [2.75, 3.05) is 0 Å². The molecule has 0 radical (unpaired) electrons. The molecule has 0 aliphatic rings. The highest BCUT2D eigenvalue weighted by atomic mass is 32.1. The molecule has 1 aromatic heterocycles. The molecule has 0 amide bonds. The van der Waals surface area contributed by atoms with Crippen molar-refractivity contribution >= 4 is 38.2 Å². The highest BCUT2D eigenvalue weighted by molar-refractivity contribution is 7.26. The van der Waals surface area contributed by atoms with Gasteiger partial charge in [0, 0.05) is 31.7 Å². The molecule has 266 valence electrons. The van der Waals surface area contributed by atoms with E-state index >= 15 is 0 Å². The minimum atomic E-state index is -0.341. The van der Waals surface area contributed by atoms with E-state index in [4.69, 9.17) is 22.6 Å². The minimum absolute atomic E-state index is 0.198. The monoisotopic (exact) mass is 712 g/mol. The van der Waals surface area contributed by atoms with E-state index in [2.05, 4.69) is 148 Å². The van der Waals surface area contributed by atoms with Crippen molar-refractivity contribution in [2.24, 2.45) is 17.2 Å². The smallest absolute Gasteiger partial charge is 0.0784 e. The van der Waals surface area contributed by atoms with Crippen LogP contribution in [0.3, 0.4) is 0 Å². The molecule has 8 aromatic rings. The Labute approximate surface area is 318 Å². The van der Waals surface area contributed by atoms with E-state index in [1.165, 1.54) is 53.6 Å². The quantitative estimate of drug-likeness (QED) is 0.102. The first-order valence-electron chi connectivity index (χ1n) is 17.7. The van der Waals surface area contributed by atoms with Crippen LogP contribution in [0.1, 0.15) is 58.4 Å². The van der Waals surface area contributed by atoms with Gasteiger partial charge in [-0.15, -0.1) is 11.3 Å². The SMILES string of the molecule is C=N.CC(c1ccccc1)c1cccc(-c2c(C(N)c3ccccc3)ccc3c2sc2ccccc23)c1.Cc1ccccc1.NC(N)c1ccccc1. The van der Waals surface area contributed by atoms with Crippen molar-refractivity contribution in [1.29, 1.82) is 5.41 Å². The topological polar surface area (TPSA) is 102 Å². The molecule has 7 aromatic carbocycles. The summed E-state index contributed by atoms with van der Waals surface area (Å²) in [5, 5.41) is 8.11. The predicted octanol–water partition coefficient (Wildman–Crippen LogP) is 11.8. The van der Waals surface area contributed by atoms with Crippen LogP contribution in [0.5, 0.6) is 0 Å². The van der Waals surface area contributed by atoms with Crippen LogP contribution >= 0.6 is 11.3 Å². The first kappa shape index (κ1) is 38.5. The standard InChI is InChI=1S/C33H27NS.C7H10N2.C7H8.CH3N/c1-22(23-11-4-2-5-12-23)25-15-10-16-26(21-25)31-29(32(34)24-13-6-3-7-14-24)20-19-28-27-17-8-9-18-30(27)35-33(28)31;8-7(9)6-4-2-1-3-5-6;1-7-5-3-2-4-6-7;1-2/h2-22,32H,34H2,1H3;1-5,7H,8-9H2;2-6H,1H3;2H,1H2. The molecule has 1 heterocycles. The fraction of sp³-hybridized carbons (Fsp3) is 0.104. The second-order valence-electron chi connectivity index (χ2n) is 12.7. The molecule has 8 rings (SSSR count). The van der Waals surface area contributed by atoms with Gasteiger partial charge < -0.3 is 22.6 Å². The first-order chi connectivity index (χ1) is 25.9. The summed E-state index contributed by atoms with van der Waals surface area (Å²) in [5.41, 5.74) is 27.4. The number of hydrogen-bond donors (Lipinski definition) is 4. The molecule has 0 saturated heterocycles. The average Bonchev–Trinajstić information content (AvgIpc) is 3.61. The lowest BCUT2D eigenvalue weighted by Gasteiger charge is -2.20. The molecule has 2 atom stereocenters. The molecule has 0 bridgehead atoms. The van der Waals surface area contributed by atoms with Crippen molar-refractivity contribution in [1.82, 2.24) is 0 Å². The van der Waals surface area contributed by atoms with Crippen molar-refractivity contribution in [2.45, 2.75) is 32.0 Å². The Morgan fingerprint density at radius 1 is 0.509 bits per heavy atom. The zero-order valence-electron chi connectivity index (χ0n) is 30.4. The number of benzene rings is 7. The van der Waals surface area contributed by atoms with E-state index in [9.17, 15) is 0 Å². The van der Waals surface area contributed by atoms with Gasteiger partial charge in [0.2, 0.25) is 0 Å². The Kier molecular flexibility index (Phi) is 14.0. The largest absolute Gasteiger partial charge is 0.320 e. The van der Waals surface area contributed by atoms with Crippen LogP contribution in [0.4, 0.5) is 0 Å². The van der Waals surface area contributed by atoms with E-state index in [-0.39, 0.29) is 12.2 Å². The maximum absolute atomic E-state index is 6.93. The van der Waals surface area contributed by atoms with Crippen LogP contribution < -0.4 is 17.2 Å². The summed E-state index contributed by atoms with van der Waals surface area (Å²) >= 11 is 1.86. The van der Waals surface area contributed by atoms with Gasteiger partial charge in [0.05, 0.1) is 12.2 Å². The normalized spacial score (nSPS) is 11.7. The summed E-state index contributed by atoms with van der Waals surface area (Å²) in [4.78, 5) is 0. The third kappa shape index (κ3) is 9.80. The summed E-state index contributed by atoms with van der Waals surface area (Å²) in [6, 6.07) is 63.0. The van der Waals surface area contributed by atoms with Crippen LogP contribution in [0.2, 0.25) is 0 Å². The molecule has 0 saturated carbocycles. The molecule has 0 aliphatic heterocycles. The lowest BCUT2D eigenvalue weighted by Crippen LogP contribution is -2.19. The Morgan fingerprint density at radius 3 is 1.57 bits per heavy atom. The van der Waals surface area contributed by atoms with E-state index < -0.39 is 0 Å². The van der Waals surface area contributed by atoms with Gasteiger partial charge in [0.25, 0.3) is 0 Å². The second-order valence-corrected chi connectivity index (χ2v) is 13.8. The fourth-order valence-corrected chi connectivity index (χ4v) is 7.59. The fourth-order valence-electron chi connectivity index (χ4n) is 6.31. The molecule has 7 N–H and O–H groups in total. The van der Waals surface area contributed by atoms with Gasteiger partial charge in [0.15, 0.2) is 0 Å². The van der Waals surface area contributed by atoms with Crippen molar-refractivity contribution in [3.8, 4) is 11.1 Å². The van der Waals surface area contributed by atoms with Gasteiger partial charge >= 0.3 is 0 Å². The number of hydrogen-bond acceptors (Lipinski definition) is 5. The molecule has 0 spiro atoms. The zero-order valence-corrected chi connectivity index (χ0v) is 31.2. The lowest BCUT2D eigenvalue weighted by molar-refractivity contribution is 0.774. The number of nitrogens with one attached hydrogen (secondary N) is 1. The summed E-state index contributed by atoms with van der Waals surface area (Å²) in [7, 11) is 0. The van der Waals surface area contributed by atoms with Crippen LogP contribution in [-0.2, 0) is 0 Å². The van der Waals surface area contributed by atoms with Crippen LogP contribution in [0, 0.1) is 12.3 Å². The Morgan fingerprint density at radius 2 is 1.02 bits per heavy atom. The molecule has 0 fully saturated rings. The van der Waals surface area contributed by atoms with Gasteiger partial charge in [-0.2, -0.15) is 0 Å². The first-order valence-corrected chi connectivity index (χ1v) is 18.6. The predicted molar refractivity (Wildman–Crippen MR) is 230 cm³/mol. The number of nitrogens with two attached hydrogens (primary N) is 3. The number of fused-ring (bicyclic) bond motifs is 3. The Balaban J connectivity index is 0.000000247. The maximum atomic E-state index is 6.93. The summed E-state index contributed by atoms with van der Waals surface area (Å²) in [6.07, 6.45) is -0.341. The van der Waals surface area contributed by atoms with Crippen molar-refractivity contribution in [3.63, 3.8) is 0 Å². The molecular formula is C48H48N4S. The van der Waals surface area contributed by atoms with Crippen LogP contribution in [0.25, 0.3) is 31.3 Å². The number of aryl methyl sites for hydroxylation is 1. The van der Waals surface area contributed by atoms with Gasteiger partial charge in [0.1, 0.15) is 0 Å². The van der Waals surface area contributed by atoms with Gasteiger partial charge in [-0.25, -0.2) is 0 Å². The molecule has 2 unspecified atom stereocenters. The highest BCUT2D eigenvalue weighted by Gasteiger charge is 2.20. The molecular weight excluding hydrogens is 665 g/mol.